The predicted molar refractivity (Wildman–Crippen MR) is 79.1 cm³/mol. The maximum absolute atomic E-state index is 3.97. The van der Waals surface area contributed by atoms with Gasteiger partial charge in [0.1, 0.15) is 0 Å². The van der Waals surface area contributed by atoms with Gasteiger partial charge in [-0.1, -0.05) is 0 Å². The molecule has 1 N–H and O–H groups in total. The summed E-state index contributed by atoms with van der Waals surface area (Å²) in [5.74, 6) is 3.26. The summed E-state index contributed by atoms with van der Waals surface area (Å²) in [7, 11) is 2.33. The summed E-state index contributed by atoms with van der Waals surface area (Å²) in [5, 5.41) is 3.97. The summed E-state index contributed by atoms with van der Waals surface area (Å²) < 4.78 is 0. The molecule has 0 amide bonds. The fourth-order valence-corrected chi connectivity index (χ4v) is 6.27. The number of hydrogen-bond donors (Lipinski definition) is 1. The number of hydrogen-bond acceptors (Lipinski definition) is 2. The Morgan fingerprint density at radius 3 is 2.21 bits per heavy atom. The van der Waals surface area contributed by atoms with E-state index in [1.165, 1.54) is 32.5 Å². The highest BCUT2D eigenvalue weighted by atomic mass is 15.1. The normalized spacial score (nSPS) is 51.0. The second-order valence-electron chi connectivity index (χ2n) is 8.26. The van der Waals surface area contributed by atoms with Crippen molar-refractivity contribution in [1.82, 2.24) is 10.2 Å². The van der Waals surface area contributed by atoms with Gasteiger partial charge in [0.05, 0.1) is 0 Å². The van der Waals surface area contributed by atoms with Crippen LogP contribution in [-0.4, -0.2) is 37.6 Å². The molecule has 1 heterocycles. The molecule has 19 heavy (non-hydrogen) atoms. The van der Waals surface area contributed by atoms with Crippen molar-refractivity contribution in [2.45, 2.75) is 57.4 Å². The summed E-state index contributed by atoms with van der Waals surface area (Å²) in [4.78, 5) is 2.59. The van der Waals surface area contributed by atoms with Crippen molar-refractivity contribution in [2.75, 3.05) is 26.7 Å². The first-order valence-corrected chi connectivity index (χ1v) is 8.65. The molecule has 4 bridgehead atoms. The molecule has 0 aromatic heterocycles. The third kappa shape index (κ3) is 2.25. The van der Waals surface area contributed by atoms with Gasteiger partial charge in [-0.15, -0.1) is 0 Å². The van der Waals surface area contributed by atoms with Gasteiger partial charge in [0.2, 0.25) is 0 Å². The van der Waals surface area contributed by atoms with Crippen molar-refractivity contribution < 1.29 is 0 Å². The lowest BCUT2D eigenvalue weighted by Crippen LogP contribution is -2.59. The highest BCUT2D eigenvalue weighted by molar-refractivity contribution is 5.06. The molecule has 0 spiro atoms. The molecule has 1 saturated heterocycles. The Morgan fingerprint density at radius 1 is 0.947 bits per heavy atom. The second kappa shape index (κ2) is 4.73. The van der Waals surface area contributed by atoms with E-state index in [2.05, 4.69) is 17.3 Å². The maximum atomic E-state index is 3.97. The summed E-state index contributed by atoms with van der Waals surface area (Å²) in [6.45, 7) is 3.87. The second-order valence-corrected chi connectivity index (χ2v) is 8.26. The van der Waals surface area contributed by atoms with E-state index in [1.54, 1.807) is 38.5 Å². The van der Waals surface area contributed by atoms with Crippen LogP contribution in [0.1, 0.15) is 51.4 Å². The van der Waals surface area contributed by atoms with Gasteiger partial charge in [-0.05, 0) is 94.7 Å². The van der Waals surface area contributed by atoms with Crippen LogP contribution in [0, 0.1) is 23.2 Å². The zero-order valence-electron chi connectivity index (χ0n) is 12.5. The molecule has 4 aliphatic carbocycles. The smallest absolute Gasteiger partial charge is 0.0251 e. The largest absolute Gasteiger partial charge is 0.312 e. The van der Waals surface area contributed by atoms with Crippen molar-refractivity contribution in [2.24, 2.45) is 23.2 Å². The first-order valence-electron chi connectivity index (χ1n) is 8.65. The molecule has 1 unspecified atom stereocenters. The molecular weight excluding hydrogens is 232 g/mol. The molecule has 2 nitrogen and oxygen atoms in total. The van der Waals surface area contributed by atoms with E-state index in [1.807, 2.05) is 0 Å². The molecule has 5 fully saturated rings. The van der Waals surface area contributed by atoms with E-state index >= 15 is 0 Å². The van der Waals surface area contributed by atoms with E-state index in [-0.39, 0.29) is 0 Å². The molecule has 0 aromatic rings. The fraction of sp³-hybridized carbons (Fsp3) is 1.00. The monoisotopic (exact) mass is 262 g/mol. The highest BCUT2D eigenvalue weighted by Gasteiger charge is 2.54. The van der Waals surface area contributed by atoms with Gasteiger partial charge in [-0.2, -0.15) is 0 Å². The summed E-state index contributed by atoms with van der Waals surface area (Å²) in [5.41, 5.74) is 0.681. The minimum absolute atomic E-state index is 0.681. The molecule has 5 rings (SSSR count). The Balaban J connectivity index is 1.55. The number of nitrogens with one attached hydrogen (secondary N) is 1. The third-order valence-corrected chi connectivity index (χ3v) is 6.68. The van der Waals surface area contributed by atoms with Gasteiger partial charge in [0.25, 0.3) is 0 Å². The van der Waals surface area contributed by atoms with Gasteiger partial charge in [-0.25, -0.2) is 0 Å². The lowest BCUT2D eigenvalue weighted by molar-refractivity contribution is -0.0789. The zero-order chi connectivity index (χ0) is 12.9. The molecule has 4 saturated carbocycles. The van der Waals surface area contributed by atoms with Gasteiger partial charge in [0.15, 0.2) is 0 Å². The van der Waals surface area contributed by atoms with Gasteiger partial charge in [0, 0.05) is 12.6 Å². The molecule has 5 aliphatic rings. The highest BCUT2D eigenvalue weighted by Crippen LogP contribution is 2.61. The van der Waals surface area contributed by atoms with Crippen LogP contribution in [0.2, 0.25) is 0 Å². The molecule has 108 valence electrons. The number of likely N-dealkylation sites (N-methyl/N-ethyl adjacent to an activating group) is 1. The Kier molecular flexibility index (Phi) is 3.15. The molecule has 1 atom stereocenters. The minimum Gasteiger partial charge on any atom is -0.312 e. The quantitative estimate of drug-likeness (QED) is 0.782. The first kappa shape index (κ1) is 12.6. The first-order chi connectivity index (χ1) is 9.23. The van der Waals surface area contributed by atoms with Crippen LogP contribution in [0.4, 0.5) is 0 Å². The summed E-state index contributed by atoms with van der Waals surface area (Å²) >= 11 is 0. The van der Waals surface area contributed by atoms with Crippen molar-refractivity contribution in [3.05, 3.63) is 0 Å². The fourth-order valence-electron chi connectivity index (χ4n) is 6.27. The standard InChI is InChI=1S/C17H30N2/c1-19-5-3-2-4-18-16(12-19)17-9-13-6-14(10-17)8-15(7-13)11-17/h13-16,18H,2-12H2,1H3. The van der Waals surface area contributed by atoms with E-state index in [0.717, 1.165) is 23.8 Å². The predicted octanol–water partition coefficient (Wildman–Crippen LogP) is 2.89. The van der Waals surface area contributed by atoms with Crippen LogP contribution < -0.4 is 5.32 Å². The SMILES string of the molecule is CN1CCCCNC(C23CC4CC(CC(C4)C2)C3)C1. The maximum Gasteiger partial charge on any atom is 0.0251 e. The van der Waals surface area contributed by atoms with Crippen LogP contribution in [-0.2, 0) is 0 Å². The number of nitrogens with zero attached hydrogens (tertiary/aromatic N) is 1. The van der Waals surface area contributed by atoms with Crippen LogP contribution in [0.3, 0.4) is 0 Å². The average molecular weight is 262 g/mol. The Hall–Kier alpha value is -0.0800. The van der Waals surface area contributed by atoms with Crippen LogP contribution in [0.25, 0.3) is 0 Å². The molecule has 2 heteroatoms. The van der Waals surface area contributed by atoms with E-state index < -0.39 is 0 Å². The van der Waals surface area contributed by atoms with E-state index in [0.29, 0.717) is 5.41 Å². The summed E-state index contributed by atoms with van der Waals surface area (Å²) in [6.07, 6.45) is 12.1. The molecule has 0 radical (unpaired) electrons. The van der Waals surface area contributed by atoms with Crippen molar-refractivity contribution in [1.29, 1.82) is 0 Å². The van der Waals surface area contributed by atoms with Crippen LogP contribution >= 0.6 is 0 Å². The zero-order valence-corrected chi connectivity index (χ0v) is 12.5. The average Bonchev–Trinajstić information content (AvgIpc) is 2.31. The van der Waals surface area contributed by atoms with Crippen molar-refractivity contribution in [3.8, 4) is 0 Å². The van der Waals surface area contributed by atoms with Gasteiger partial charge < -0.3 is 10.2 Å². The summed E-state index contributed by atoms with van der Waals surface area (Å²) in [6, 6.07) is 0.784. The van der Waals surface area contributed by atoms with Crippen molar-refractivity contribution in [3.63, 3.8) is 0 Å². The van der Waals surface area contributed by atoms with Crippen LogP contribution in [0.15, 0.2) is 0 Å². The van der Waals surface area contributed by atoms with E-state index in [9.17, 15) is 0 Å². The number of rotatable bonds is 1. The Labute approximate surface area is 118 Å². The minimum atomic E-state index is 0.681. The Bertz CT molecular complexity index is 303. The topological polar surface area (TPSA) is 15.3 Å². The van der Waals surface area contributed by atoms with Gasteiger partial charge >= 0.3 is 0 Å². The lowest BCUT2D eigenvalue weighted by atomic mass is 9.47. The van der Waals surface area contributed by atoms with Gasteiger partial charge in [-0.3, -0.25) is 0 Å². The molecule has 0 aromatic carbocycles. The van der Waals surface area contributed by atoms with Crippen LogP contribution in [0.5, 0.6) is 0 Å². The lowest BCUT2D eigenvalue weighted by Gasteiger charge is -2.60. The molecular formula is C17H30N2. The Morgan fingerprint density at radius 2 is 1.58 bits per heavy atom. The van der Waals surface area contributed by atoms with Crippen molar-refractivity contribution >= 4 is 0 Å². The third-order valence-electron chi connectivity index (χ3n) is 6.68. The van der Waals surface area contributed by atoms with E-state index in [4.69, 9.17) is 0 Å². The molecule has 1 aliphatic heterocycles.